The van der Waals surface area contributed by atoms with Crippen LogP contribution in [-0.4, -0.2) is 30.9 Å². The van der Waals surface area contributed by atoms with Gasteiger partial charge in [-0.3, -0.25) is 0 Å². The van der Waals surface area contributed by atoms with Crippen LogP contribution in [0.4, 0.5) is 10.5 Å². The molecule has 1 amide bonds. The number of rotatable bonds is 6. The van der Waals surface area contributed by atoms with E-state index in [0.717, 1.165) is 40.5 Å². The summed E-state index contributed by atoms with van der Waals surface area (Å²) in [6.45, 7) is 8.89. The third kappa shape index (κ3) is 4.67. The minimum absolute atomic E-state index is 0.212. The van der Waals surface area contributed by atoms with Crippen LogP contribution in [0.15, 0.2) is 41.6 Å². The highest BCUT2D eigenvalue weighted by Crippen LogP contribution is 2.39. The van der Waals surface area contributed by atoms with Crippen LogP contribution in [0.1, 0.15) is 36.5 Å². The molecule has 0 bridgehead atoms. The average molecular weight is 454 g/mol. The second kappa shape index (κ2) is 9.08. The number of fused-ring (bicyclic) bond motifs is 2. The molecule has 0 atom stereocenters. The molecule has 0 radical (unpaired) electrons. The lowest BCUT2D eigenvalue weighted by Crippen LogP contribution is -2.51. The van der Waals surface area contributed by atoms with Crippen LogP contribution in [0.25, 0.3) is 11.0 Å². The fourth-order valence-corrected chi connectivity index (χ4v) is 6.72. The number of nitrogens with one attached hydrogen (secondary N) is 1. The first kappa shape index (κ1) is 22.0. The standard InChI is InChI=1S/C24H31N3O2SSi/c1-5-29-24(28)27(31(2,3)4)22-18(15-14-17-10-6-7-11-19(17)22)16-30-23-25-20-12-8-9-13-21(20)26-23/h8-9,12-15H,5-7,10-11,16H2,1-4H3,(H,25,26). The number of imidazole rings is 1. The van der Waals surface area contributed by atoms with Crippen molar-refractivity contribution in [2.75, 3.05) is 11.2 Å². The Morgan fingerprint density at radius 1 is 1.16 bits per heavy atom. The molecule has 164 valence electrons. The molecule has 3 aromatic rings. The van der Waals surface area contributed by atoms with Gasteiger partial charge in [0.1, 0.15) is 0 Å². The Morgan fingerprint density at radius 3 is 2.68 bits per heavy atom. The van der Waals surface area contributed by atoms with Crippen molar-refractivity contribution < 1.29 is 9.53 Å². The molecular weight excluding hydrogens is 422 g/mol. The van der Waals surface area contributed by atoms with Gasteiger partial charge in [-0.15, -0.1) is 0 Å². The Bertz CT molecular complexity index is 1060. The van der Waals surface area contributed by atoms with Gasteiger partial charge in [0, 0.05) is 11.4 Å². The van der Waals surface area contributed by atoms with Gasteiger partial charge in [-0.05, 0) is 61.4 Å². The number of ether oxygens (including phenoxy) is 1. The molecule has 2 aromatic carbocycles. The molecule has 0 spiro atoms. The van der Waals surface area contributed by atoms with Crippen molar-refractivity contribution >= 4 is 42.8 Å². The molecule has 5 nitrogen and oxygen atoms in total. The summed E-state index contributed by atoms with van der Waals surface area (Å²) in [5.41, 5.74) is 7.02. The molecule has 31 heavy (non-hydrogen) atoms. The molecule has 0 fully saturated rings. The molecule has 1 aromatic heterocycles. The van der Waals surface area contributed by atoms with Gasteiger partial charge < -0.3 is 14.3 Å². The number of carbonyl (C=O) groups is 1. The van der Waals surface area contributed by atoms with E-state index in [0.29, 0.717) is 6.61 Å². The van der Waals surface area contributed by atoms with E-state index in [1.165, 1.54) is 29.5 Å². The number of carbonyl (C=O) groups excluding carboxylic acids is 1. The number of thioether (sulfide) groups is 1. The predicted molar refractivity (Wildman–Crippen MR) is 132 cm³/mol. The molecule has 4 rings (SSSR count). The number of hydrogen-bond acceptors (Lipinski definition) is 4. The van der Waals surface area contributed by atoms with Gasteiger partial charge in [0.05, 0.1) is 17.6 Å². The van der Waals surface area contributed by atoms with Crippen LogP contribution >= 0.6 is 11.8 Å². The van der Waals surface area contributed by atoms with Crippen LogP contribution in [0, 0.1) is 0 Å². The van der Waals surface area contributed by atoms with Crippen molar-refractivity contribution in [3.63, 3.8) is 0 Å². The van der Waals surface area contributed by atoms with Crippen LogP contribution < -0.4 is 4.57 Å². The summed E-state index contributed by atoms with van der Waals surface area (Å²) in [6, 6.07) is 12.6. The molecule has 0 aliphatic heterocycles. The Hall–Kier alpha value is -2.25. The topological polar surface area (TPSA) is 58.2 Å². The lowest BCUT2D eigenvalue weighted by Gasteiger charge is -2.37. The van der Waals surface area contributed by atoms with Crippen LogP contribution in [0.2, 0.25) is 19.6 Å². The number of nitrogens with zero attached hydrogens (tertiary/aromatic N) is 2. The van der Waals surface area contributed by atoms with Crippen LogP contribution in [0.3, 0.4) is 0 Å². The zero-order valence-corrected chi connectivity index (χ0v) is 20.6. The van der Waals surface area contributed by atoms with E-state index in [-0.39, 0.29) is 6.09 Å². The Kier molecular flexibility index (Phi) is 6.43. The van der Waals surface area contributed by atoms with Crippen molar-refractivity contribution in [3.05, 3.63) is 53.1 Å². The summed E-state index contributed by atoms with van der Waals surface area (Å²) >= 11 is 1.69. The first-order valence-corrected chi connectivity index (χ1v) is 15.5. The van der Waals surface area contributed by atoms with Gasteiger partial charge in [0.2, 0.25) is 0 Å². The van der Waals surface area contributed by atoms with E-state index in [4.69, 9.17) is 9.72 Å². The molecule has 0 unspecified atom stereocenters. The van der Waals surface area contributed by atoms with E-state index < -0.39 is 8.24 Å². The van der Waals surface area contributed by atoms with Gasteiger partial charge in [0.25, 0.3) is 0 Å². The maximum Gasteiger partial charge on any atom is 0.406 e. The van der Waals surface area contributed by atoms with Gasteiger partial charge in [-0.25, -0.2) is 9.78 Å². The number of amides is 1. The maximum absolute atomic E-state index is 13.1. The lowest BCUT2D eigenvalue weighted by molar-refractivity contribution is 0.163. The first-order chi connectivity index (χ1) is 14.9. The largest absolute Gasteiger partial charge is 0.450 e. The molecular formula is C24H31N3O2SSi. The number of aryl methyl sites for hydroxylation is 1. The quantitative estimate of drug-likeness (QED) is 0.340. The van der Waals surface area contributed by atoms with E-state index in [1.54, 1.807) is 11.8 Å². The summed E-state index contributed by atoms with van der Waals surface area (Å²) in [5, 5.41) is 0.903. The monoisotopic (exact) mass is 453 g/mol. The second-order valence-corrected chi connectivity index (χ2v) is 14.7. The van der Waals surface area contributed by atoms with Gasteiger partial charge in [-0.2, -0.15) is 0 Å². The van der Waals surface area contributed by atoms with Gasteiger partial charge >= 0.3 is 6.09 Å². The Morgan fingerprint density at radius 2 is 1.94 bits per heavy atom. The summed E-state index contributed by atoms with van der Waals surface area (Å²) in [7, 11) is -2.03. The third-order valence-electron chi connectivity index (χ3n) is 5.66. The minimum atomic E-state index is -2.03. The van der Waals surface area contributed by atoms with Crippen molar-refractivity contribution in [2.45, 2.75) is 63.2 Å². The van der Waals surface area contributed by atoms with Crippen LogP contribution in [-0.2, 0) is 23.3 Å². The van der Waals surface area contributed by atoms with Crippen molar-refractivity contribution in [1.82, 2.24) is 9.97 Å². The Balaban J connectivity index is 1.73. The average Bonchev–Trinajstić information content (AvgIpc) is 3.15. The molecule has 1 aliphatic carbocycles. The van der Waals surface area contributed by atoms with Crippen molar-refractivity contribution in [1.29, 1.82) is 0 Å². The molecule has 1 heterocycles. The number of para-hydroxylation sites is 2. The van der Waals surface area contributed by atoms with Crippen molar-refractivity contribution in [3.8, 4) is 0 Å². The van der Waals surface area contributed by atoms with E-state index in [2.05, 4.69) is 36.8 Å². The smallest absolute Gasteiger partial charge is 0.406 e. The van der Waals surface area contributed by atoms with Gasteiger partial charge in [0.15, 0.2) is 13.4 Å². The highest BCUT2D eigenvalue weighted by atomic mass is 32.2. The SMILES string of the molecule is CCOC(=O)N(c1c(CSc2nc3ccccc3[nH]2)ccc2c1CCCC2)[Si](C)(C)C. The highest BCUT2D eigenvalue weighted by Gasteiger charge is 2.35. The summed E-state index contributed by atoms with van der Waals surface area (Å²) < 4.78 is 7.54. The summed E-state index contributed by atoms with van der Waals surface area (Å²) in [4.78, 5) is 21.3. The molecule has 1 aliphatic rings. The molecule has 7 heteroatoms. The third-order valence-corrected chi connectivity index (χ3v) is 8.33. The molecule has 0 saturated carbocycles. The summed E-state index contributed by atoms with van der Waals surface area (Å²) in [6.07, 6.45) is 4.28. The second-order valence-electron chi connectivity index (χ2n) is 8.97. The predicted octanol–water partition coefficient (Wildman–Crippen LogP) is 6.53. The van der Waals surface area contributed by atoms with Crippen molar-refractivity contribution in [2.24, 2.45) is 0 Å². The summed E-state index contributed by atoms with van der Waals surface area (Å²) in [5.74, 6) is 0.753. The number of H-pyrrole nitrogens is 1. The number of aromatic nitrogens is 2. The van der Waals surface area contributed by atoms with E-state index >= 15 is 0 Å². The number of anilines is 1. The lowest BCUT2D eigenvalue weighted by atomic mass is 9.89. The molecule has 1 N–H and O–H groups in total. The normalized spacial score (nSPS) is 13.8. The van der Waals surface area contributed by atoms with Crippen LogP contribution in [0.5, 0.6) is 0 Å². The first-order valence-electron chi connectivity index (χ1n) is 11.1. The number of hydrogen-bond donors (Lipinski definition) is 1. The fourth-order valence-electron chi connectivity index (χ4n) is 4.28. The van der Waals surface area contributed by atoms with Gasteiger partial charge in [-0.1, -0.05) is 55.7 Å². The highest BCUT2D eigenvalue weighted by molar-refractivity contribution is 7.98. The van der Waals surface area contributed by atoms with E-state index in [9.17, 15) is 4.79 Å². The molecule has 0 saturated heterocycles. The number of benzene rings is 2. The Labute approximate surface area is 189 Å². The zero-order chi connectivity index (χ0) is 22.0. The minimum Gasteiger partial charge on any atom is -0.450 e. The maximum atomic E-state index is 13.1. The number of aromatic amines is 1. The zero-order valence-electron chi connectivity index (χ0n) is 18.8. The fraction of sp³-hybridized carbons (Fsp3) is 0.417. The van der Waals surface area contributed by atoms with E-state index in [1.807, 2.05) is 35.8 Å².